The van der Waals surface area contributed by atoms with Gasteiger partial charge < -0.3 is 10.1 Å². The lowest BCUT2D eigenvalue weighted by atomic mass is 10.1. The van der Waals surface area contributed by atoms with Crippen LogP contribution in [0.3, 0.4) is 0 Å². The minimum absolute atomic E-state index is 0.0358. The Morgan fingerprint density at radius 3 is 2.69 bits per heavy atom. The molecule has 2 aromatic rings. The molecule has 2 N–H and O–H groups in total. The summed E-state index contributed by atoms with van der Waals surface area (Å²) in [5, 5.41) is 8.95. The number of rotatable bonds is 2. The molecule has 84 valence electrons. The van der Waals surface area contributed by atoms with E-state index in [1.165, 1.54) is 6.07 Å². The molecule has 0 unspecified atom stereocenters. The summed E-state index contributed by atoms with van der Waals surface area (Å²) in [7, 11) is 0. The summed E-state index contributed by atoms with van der Waals surface area (Å²) in [5.74, 6) is -2.57. The molecule has 2 rings (SSSR count). The van der Waals surface area contributed by atoms with Crippen LogP contribution in [0.2, 0.25) is 0 Å². The third kappa shape index (κ3) is 1.44. The molecule has 0 saturated carbocycles. The van der Waals surface area contributed by atoms with Gasteiger partial charge in [-0.1, -0.05) is 6.92 Å². The molecule has 1 aromatic heterocycles. The molecule has 0 aliphatic heterocycles. The molecule has 0 aliphatic rings. The first kappa shape index (κ1) is 10.6. The van der Waals surface area contributed by atoms with E-state index in [9.17, 15) is 13.6 Å². The molecule has 3 nitrogen and oxygen atoms in total. The molecular formula is C11H9F2NO2. The van der Waals surface area contributed by atoms with Crippen molar-refractivity contribution in [1.82, 2.24) is 4.98 Å². The Labute approximate surface area is 89.7 Å². The van der Waals surface area contributed by atoms with Crippen molar-refractivity contribution in [3.63, 3.8) is 0 Å². The summed E-state index contributed by atoms with van der Waals surface area (Å²) in [4.78, 5) is 13.1. The second-order valence-electron chi connectivity index (χ2n) is 3.46. The Morgan fingerprint density at radius 1 is 1.44 bits per heavy atom. The molecule has 0 atom stereocenters. The SMILES string of the molecule is CCc1c(F)cc2cc(C(=O)O)[nH]c2c1F. The number of benzene rings is 1. The average molecular weight is 225 g/mol. The third-order valence-corrected chi connectivity index (χ3v) is 2.49. The highest BCUT2D eigenvalue weighted by Gasteiger charge is 2.16. The highest BCUT2D eigenvalue weighted by Crippen LogP contribution is 2.24. The van der Waals surface area contributed by atoms with Gasteiger partial charge in [-0.25, -0.2) is 13.6 Å². The number of nitrogens with one attached hydrogen (secondary N) is 1. The van der Waals surface area contributed by atoms with Gasteiger partial charge in [0.05, 0.1) is 5.52 Å². The fraction of sp³-hybridized carbons (Fsp3) is 0.182. The van der Waals surface area contributed by atoms with Crippen molar-refractivity contribution < 1.29 is 18.7 Å². The summed E-state index contributed by atoms with van der Waals surface area (Å²) >= 11 is 0. The first-order valence-electron chi connectivity index (χ1n) is 4.77. The van der Waals surface area contributed by atoms with Crippen LogP contribution in [0.1, 0.15) is 23.0 Å². The molecule has 1 heterocycles. The van der Waals surface area contributed by atoms with E-state index in [0.29, 0.717) is 0 Å². The number of carboxylic acids is 1. The molecule has 0 radical (unpaired) electrons. The highest BCUT2D eigenvalue weighted by atomic mass is 19.1. The van der Waals surface area contributed by atoms with Crippen LogP contribution in [-0.2, 0) is 6.42 Å². The quantitative estimate of drug-likeness (QED) is 0.825. The highest BCUT2D eigenvalue weighted by molar-refractivity contribution is 5.94. The fourth-order valence-electron chi connectivity index (χ4n) is 1.68. The van der Waals surface area contributed by atoms with Crippen molar-refractivity contribution >= 4 is 16.9 Å². The Balaban J connectivity index is 2.78. The van der Waals surface area contributed by atoms with E-state index in [1.54, 1.807) is 6.92 Å². The molecule has 0 fully saturated rings. The first-order chi connectivity index (χ1) is 7.54. The minimum atomic E-state index is -1.20. The lowest BCUT2D eigenvalue weighted by Crippen LogP contribution is -1.96. The van der Waals surface area contributed by atoms with Crippen LogP contribution in [0.15, 0.2) is 12.1 Å². The molecule has 5 heteroatoms. The minimum Gasteiger partial charge on any atom is -0.477 e. The number of aromatic carboxylic acids is 1. The second-order valence-corrected chi connectivity index (χ2v) is 3.46. The number of H-pyrrole nitrogens is 1. The fourth-order valence-corrected chi connectivity index (χ4v) is 1.68. The summed E-state index contributed by atoms with van der Waals surface area (Å²) in [6.07, 6.45) is 0.217. The van der Waals surface area contributed by atoms with Gasteiger partial charge in [-0.2, -0.15) is 0 Å². The molecule has 0 bridgehead atoms. The van der Waals surface area contributed by atoms with Crippen LogP contribution in [0, 0.1) is 11.6 Å². The number of aromatic amines is 1. The molecular weight excluding hydrogens is 216 g/mol. The van der Waals surface area contributed by atoms with Gasteiger partial charge in [0.1, 0.15) is 11.5 Å². The molecule has 16 heavy (non-hydrogen) atoms. The van der Waals surface area contributed by atoms with Crippen LogP contribution in [-0.4, -0.2) is 16.1 Å². The van der Waals surface area contributed by atoms with Crippen molar-refractivity contribution in [3.05, 3.63) is 35.0 Å². The summed E-state index contributed by atoms with van der Waals surface area (Å²) in [6, 6.07) is 2.35. The van der Waals surface area contributed by atoms with Gasteiger partial charge in [-0.3, -0.25) is 0 Å². The lowest BCUT2D eigenvalue weighted by molar-refractivity contribution is 0.0691. The zero-order chi connectivity index (χ0) is 11.9. The van der Waals surface area contributed by atoms with E-state index in [4.69, 9.17) is 5.11 Å². The van der Waals surface area contributed by atoms with Crippen LogP contribution in [0.5, 0.6) is 0 Å². The smallest absolute Gasteiger partial charge is 0.352 e. The predicted molar refractivity (Wildman–Crippen MR) is 54.6 cm³/mol. The van der Waals surface area contributed by atoms with Crippen molar-refractivity contribution in [3.8, 4) is 0 Å². The van der Waals surface area contributed by atoms with Crippen LogP contribution >= 0.6 is 0 Å². The summed E-state index contributed by atoms with van der Waals surface area (Å²) in [6.45, 7) is 1.63. The maximum absolute atomic E-state index is 13.7. The van der Waals surface area contributed by atoms with Gasteiger partial charge >= 0.3 is 5.97 Å². The summed E-state index contributed by atoms with van der Waals surface area (Å²) in [5.41, 5.74) is -0.150. The van der Waals surface area contributed by atoms with Crippen LogP contribution in [0.25, 0.3) is 10.9 Å². The van der Waals surface area contributed by atoms with E-state index in [1.807, 2.05) is 0 Å². The number of aromatic nitrogens is 1. The number of fused-ring (bicyclic) bond motifs is 1. The zero-order valence-electron chi connectivity index (χ0n) is 8.47. The Hall–Kier alpha value is -1.91. The number of carbonyl (C=O) groups is 1. The van der Waals surface area contributed by atoms with Crippen molar-refractivity contribution in [1.29, 1.82) is 0 Å². The lowest BCUT2D eigenvalue weighted by Gasteiger charge is -2.02. The van der Waals surface area contributed by atoms with Gasteiger partial charge in [0, 0.05) is 10.9 Å². The monoisotopic (exact) mass is 225 g/mol. The summed E-state index contributed by atoms with van der Waals surface area (Å²) < 4.78 is 27.1. The van der Waals surface area contributed by atoms with E-state index in [-0.39, 0.29) is 28.6 Å². The van der Waals surface area contributed by atoms with Crippen LogP contribution in [0.4, 0.5) is 8.78 Å². The molecule has 0 amide bonds. The second kappa shape index (κ2) is 3.59. The topological polar surface area (TPSA) is 53.1 Å². The normalized spacial score (nSPS) is 10.9. The largest absolute Gasteiger partial charge is 0.477 e. The molecule has 0 aliphatic carbocycles. The van der Waals surface area contributed by atoms with Gasteiger partial charge in [0.25, 0.3) is 0 Å². The average Bonchev–Trinajstić information content (AvgIpc) is 2.62. The van der Waals surface area contributed by atoms with Crippen LogP contribution < -0.4 is 0 Å². The predicted octanol–water partition coefficient (Wildman–Crippen LogP) is 2.71. The zero-order valence-corrected chi connectivity index (χ0v) is 8.47. The van der Waals surface area contributed by atoms with Crippen molar-refractivity contribution in [2.45, 2.75) is 13.3 Å². The van der Waals surface area contributed by atoms with Gasteiger partial charge in [0.2, 0.25) is 0 Å². The third-order valence-electron chi connectivity index (χ3n) is 2.49. The molecule has 1 aromatic carbocycles. The van der Waals surface area contributed by atoms with Crippen molar-refractivity contribution in [2.75, 3.05) is 0 Å². The van der Waals surface area contributed by atoms with Gasteiger partial charge in [-0.15, -0.1) is 0 Å². The number of halogens is 2. The van der Waals surface area contributed by atoms with Crippen molar-refractivity contribution in [2.24, 2.45) is 0 Å². The Morgan fingerprint density at radius 2 is 2.12 bits per heavy atom. The van der Waals surface area contributed by atoms with E-state index < -0.39 is 17.6 Å². The Bertz CT molecular complexity index is 575. The molecule has 0 spiro atoms. The van der Waals surface area contributed by atoms with E-state index >= 15 is 0 Å². The maximum Gasteiger partial charge on any atom is 0.352 e. The Kier molecular flexibility index (Phi) is 2.38. The number of hydrogen-bond donors (Lipinski definition) is 2. The molecule has 0 saturated heterocycles. The van der Waals surface area contributed by atoms with Gasteiger partial charge in [-0.05, 0) is 18.6 Å². The first-order valence-corrected chi connectivity index (χ1v) is 4.77. The van der Waals surface area contributed by atoms with E-state index in [2.05, 4.69) is 4.98 Å². The van der Waals surface area contributed by atoms with E-state index in [0.717, 1.165) is 6.07 Å². The standard InChI is InChI=1S/C11H9F2NO2/c1-2-6-7(12)3-5-4-8(11(15)16)14-10(5)9(6)13/h3-4,14H,2H2,1H3,(H,15,16). The maximum atomic E-state index is 13.7. The number of carboxylic acid groups (broad SMARTS) is 1. The number of hydrogen-bond acceptors (Lipinski definition) is 1. The van der Waals surface area contributed by atoms with Gasteiger partial charge in [0.15, 0.2) is 5.82 Å².